The lowest BCUT2D eigenvalue weighted by atomic mass is 9.96. The zero-order chi connectivity index (χ0) is 28.1. The predicted molar refractivity (Wildman–Crippen MR) is 146 cm³/mol. The molecule has 2 aromatic carbocycles. The van der Waals surface area contributed by atoms with Crippen LogP contribution in [0.2, 0.25) is 0 Å². The number of hydrogen-bond donors (Lipinski definition) is 0. The third-order valence-electron chi connectivity index (χ3n) is 5.32. The summed E-state index contributed by atoms with van der Waals surface area (Å²) in [5, 5.41) is 0. The Hall–Kier alpha value is -3.41. The van der Waals surface area contributed by atoms with Crippen molar-refractivity contribution < 1.29 is 28.6 Å². The van der Waals surface area contributed by atoms with Crippen LogP contribution < -0.4 is 14.2 Å². The molecule has 2 rings (SSSR count). The summed E-state index contributed by atoms with van der Waals surface area (Å²) in [6.07, 6.45) is 3.06. The first-order valence-corrected chi connectivity index (χ1v) is 12.6. The second kappa shape index (κ2) is 11.8. The average molecular weight is 509 g/mol. The molecule has 0 amide bonds. The predicted octanol–water partition coefficient (Wildman–Crippen LogP) is 7.40. The molecule has 37 heavy (non-hydrogen) atoms. The number of hydrogen-bond acceptors (Lipinski definition) is 6. The van der Waals surface area contributed by atoms with Crippen LogP contribution in [0.4, 0.5) is 0 Å². The SMILES string of the molecule is CC(C)Oc1cc(OC(=O)C(C)(C)C)c(C(C)C)cc1C=CC(=O)c1ccc(OC(=O)C(C)(C)C)cc1. The van der Waals surface area contributed by atoms with Crippen molar-refractivity contribution in [3.63, 3.8) is 0 Å². The monoisotopic (exact) mass is 508 g/mol. The summed E-state index contributed by atoms with van der Waals surface area (Å²) in [4.78, 5) is 37.6. The smallest absolute Gasteiger partial charge is 0.316 e. The molecule has 0 aliphatic carbocycles. The normalized spacial score (nSPS) is 12.2. The van der Waals surface area contributed by atoms with E-state index in [-0.39, 0.29) is 29.7 Å². The molecule has 0 atom stereocenters. The summed E-state index contributed by atoms with van der Waals surface area (Å²) in [7, 11) is 0. The summed E-state index contributed by atoms with van der Waals surface area (Å²) in [5.74, 6) is 0.538. The van der Waals surface area contributed by atoms with Crippen LogP contribution in [0.25, 0.3) is 6.08 Å². The molecule has 200 valence electrons. The Kier molecular flexibility index (Phi) is 9.48. The molecule has 0 aliphatic heterocycles. The molecule has 0 bridgehead atoms. The van der Waals surface area contributed by atoms with Crippen molar-refractivity contribution in [2.75, 3.05) is 0 Å². The fourth-order valence-electron chi connectivity index (χ4n) is 3.08. The molecule has 0 saturated heterocycles. The lowest BCUT2D eigenvalue weighted by molar-refractivity contribution is -0.143. The molecular weight excluding hydrogens is 468 g/mol. The van der Waals surface area contributed by atoms with Crippen LogP contribution in [0.3, 0.4) is 0 Å². The zero-order valence-electron chi connectivity index (χ0n) is 23.7. The van der Waals surface area contributed by atoms with Crippen LogP contribution in [0.5, 0.6) is 17.2 Å². The van der Waals surface area contributed by atoms with Gasteiger partial charge >= 0.3 is 11.9 Å². The first-order valence-electron chi connectivity index (χ1n) is 12.6. The summed E-state index contributed by atoms with van der Waals surface area (Å²) in [6.45, 7) is 18.6. The van der Waals surface area contributed by atoms with Crippen LogP contribution in [-0.4, -0.2) is 23.8 Å². The minimum absolute atomic E-state index is 0.0714. The number of carbonyl (C=O) groups excluding carboxylic acids is 3. The number of benzene rings is 2. The van der Waals surface area contributed by atoms with Crippen LogP contribution in [0.15, 0.2) is 42.5 Å². The molecule has 0 radical (unpaired) electrons. The second-order valence-electron chi connectivity index (χ2n) is 11.8. The van der Waals surface area contributed by atoms with E-state index in [2.05, 4.69) is 0 Å². The highest BCUT2D eigenvalue weighted by molar-refractivity contribution is 6.07. The van der Waals surface area contributed by atoms with Crippen molar-refractivity contribution in [3.8, 4) is 17.2 Å². The van der Waals surface area contributed by atoms with E-state index in [0.717, 1.165) is 5.56 Å². The second-order valence-corrected chi connectivity index (χ2v) is 11.8. The molecule has 0 unspecified atom stereocenters. The van der Waals surface area contributed by atoms with E-state index in [1.165, 1.54) is 6.08 Å². The number of carbonyl (C=O) groups is 3. The number of esters is 2. The van der Waals surface area contributed by atoms with E-state index in [4.69, 9.17) is 14.2 Å². The Morgan fingerprint density at radius 3 is 1.78 bits per heavy atom. The Balaban J connectivity index is 2.36. The van der Waals surface area contributed by atoms with Gasteiger partial charge in [0.1, 0.15) is 17.2 Å². The number of rotatable bonds is 8. The van der Waals surface area contributed by atoms with Gasteiger partial charge in [0, 0.05) is 17.2 Å². The quantitative estimate of drug-likeness (QED) is 0.160. The maximum atomic E-state index is 12.9. The molecule has 0 fully saturated rings. The molecule has 0 saturated carbocycles. The van der Waals surface area contributed by atoms with Gasteiger partial charge in [-0.3, -0.25) is 14.4 Å². The average Bonchev–Trinajstić information content (AvgIpc) is 2.76. The van der Waals surface area contributed by atoms with Gasteiger partial charge in [0.2, 0.25) is 0 Å². The third-order valence-corrected chi connectivity index (χ3v) is 5.32. The highest BCUT2D eigenvalue weighted by Gasteiger charge is 2.26. The van der Waals surface area contributed by atoms with Gasteiger partial charge in [-0.1, -0.05) is 13.8 Å². The standard InChI is InChI=1S/C31H40O6/c1-19(2)24-17-22(26(35-20(3)4)18-27(24)37-29(34)31(8,9)10)13-16-25(32)21-11-14-23(15-12-21)36-28(33)30(5,6)7/h11-20H,1-10H3. The zero-order valence-corrected chi connectivity index (χ0v) is 23.7. The minimum Gasteiger partial charge on any atom is -0.490 e. The van der Waals surface area contributed by atoms with Crippen LogP contribution in [0, 0.1) is 10.8 Å². The van der Waals surface area contributed by atoms with Crippen molar-refractivity contribution >= 4 is 23.8 Å². The van der Waals surface area contributed by atoms with Gasteiger partial charge in [-0.25, -0.2) is 0 Å². The van der Waals surface area contributed by atoms with E-state index in [1.54, 1.807) is 78.0 Å². The van der Waals surface area contributed by atoms with Crippen molar-refractivity contribution in [2.24, 2.45) is 10.8 Å². The van der Waals surface area contributed by atoms with Gasteiger partial charge in [0.25, 0.3) is 0 Å². The summed E-state index contributed by atoms with van der Waals surface area (Å²) in [6, 6.07) is 10.1. The van der Waals surface area contributed by atoms with Gasteiger partial charge in [-0.15, -0.1) is 0 Å². The van der Waals surface area contributed by atoms with Gasteiger partial charge in [-0.05, 0) is 109 Å². The lowest BCUT2D eigenvalue weighted by Gasteiger charge is -2.22. The largest absolute Gasteiger partial charge is 0.490 e. The molecule has 6 nitrogen and oxygen atoms in total. The molecule has 0 heterocycles. The molecule has 0 spiro atoms. The van der Waals surface area contributed by atoms with Crippen LogP contribution in [-0.2, 0) is 9.59 Å². The van der Waals surface area contributed by atoms with E-state index in [1.807, 2.05) is 33.8 Å². The van der Waals surface area contributed by atoms with E-state index >= 15 is 0 Å². The number of allylic oxidation sites excluding steroid dienone is 1. The Labute approximate surface area is 221 Å². The van der Waals surface area contributed by atoms with Crippen molar-refractivity contribution in [3.05, 3.63) is 59.2 Å². The van der Waals surface area contributed by atoms with Crippen molar-refractivity contribution in [1.82, 2.24) is 0 Å². The fourth-order valence-corrected chi connectivity index (χ4v) is 3.08. The third kappa shape index (κ3) is 8.59. The first kappa shape index (κ1) is 29.8. The maximum absolute atomic E-state index is 12.9. The highest BCUT2D eigenvalue weighted by Crippen LogP contribution is 2.36. The number of ether oxygens (including phenoxy) is 3. The van der Waals surface area contributed by atoms with Crippen LogP contribution >= 0.6 is 0 Å². The van der Waals surface area contributed by atoms with E-state index in [9.17, 15) is 14.4 Å². The Morgan fingerprint density at radius 1 is 0.757 bits per heavy atom. The topological polar surface area (TPSA) is 78.9 Å². The summed E-state index contributed by atoms with van der Waals surface area (Å²) < 4.78 is 17.1. The molecule has 2 aromatic rings. The summed E-state index contributed by atoms with van der Waals surface area (Å²) >= 11 is 0. The molecule has 6 heteroatoms. The van der Waals surface area contributed by atoms with Gasteiger partial charge in [-0.2, -0.15) is 0 Å². The van der Waals surface area contributed by atoms with Crippen molar-refractivity contribution in [1.29, 1.82) is 0 Å². The number of ketones is 1. The highest BCUT2D eigenvalue weighted by atomic mass is 16.5. The Morgan fingerprint density at radius 2 is 1.30 bits per heavy atom. The van der Waals surface area contributed by atoms with Crippen molar-refractivity contribution in [2.45, 2.75) is 81.3 Å². The van der Waals surface area contributed by atoms with E-state index < -0.39 is 10.8 Å². The van der Waals surface area contributed by atoms with E-state index in [0.29, 0.717) is 28.4 Å². The van der Waals surface area contributed by atoms with Gasteiger partial charge < -0.3 is 14.2 Å². The first-order chi connectivity index (χ1) is 17.0. The molecule has 0 aromatic heterocycles. The van der Waals surface area contributed by atoms with Gasteiger partial charge in [0.15, 0.2) is 5.78 Å². The van der Waals surface area contributed by atoms with Gasteiger partial charge in [0.05, 0.1) is 16.9 Å². The fraction of sp³-hybridized carbons (Fsp3) is 0.452. The molecule has 0 aliphatic rings. The molecule has 0 N–H and O–H groups in total. The lowest BCUT2D eigenvalue weighted by Crippen LogP contribution is -2.26. The maximum Gasteiger partial charge on any atom is 0.316 e. The minimum atomic E-state index is -0.654. The summed E-state index contributed by atoms with van der Waals surface area (Å²) in [5.41, 5.74) is 0.724. The molecular formula is C31H40O6. The Bertz CT molecular complexity index is 1160. The van der Waals surface area contributed by atoms with Crippen LogP contribution in [0.1, 0.15) is 96.6 Å².